The maximum absolute atomic E-state index is 12.2. The first-order valence-corrected chi connectivity index (χ1v) is 13.9. The van der Waals surface area contributed by atoms with Gasteiger partial charge in [0.1, 0.15) is 13.2 Å². The Balaban J connectivity index is 5.55. The lowest BCUT2D eigenvalue weighted by Crippen LogP contribution is -2.39. The fourth-order valence-electron chi connectivity index (χ4n) is 1.80. The van der Waals surface area contributed by atoms with E-state index in [0.717, 1.165) is 20.8 Å². The average Bonchev–Trinajstić information content (AvgIpc) is 2.78. The van der Waals surface area contributed by atoms with Crippen LogP contribution < -0.4 is 0 Å². The van der Waals surface area contributed by atoms with Crippen molar-refractivity contribution in [3.05, 3.63) is 36.0 Å². The Morgan fingerprint density at radius 1 is 0.636 bits per heavy atom. The minimum Gasteiger partial charge on any atom is -0.461 e. The van der Waals surface area contributed by atoms with Gasteiger partial charge < -0.3 is 14.2 Å². The molecule has 0 rings (SSSR count). The lowest BCUT2D eigenvalue weighted by Gasteiger charge is -2.21. The SMILES string of the molecule is C=CS(=O)(=O)C(C)C(=O)OCC(COC(=O)C(C)S(=O)(=O)C=C)OC(=O)C(C)S(=O)(=O)C=C. The largest absolute Gasteiger partial charge is 0.461 e. The molecule has 15 heteroatoms. The molecule has 0 heterocycles. The molecule has 0 amide bonds. The lowest BCUT2D eigenvalue weighted by molar-refractivity contribution is -0.165. The molecule has 0 aromatic heterocycles. The zero-order valence-corrected chi connectivity index (χ0v) is 20.7. The predicted octanol–water partition coefficient (Wildman–Crippen LogP) is -0.175. The molecule has 0 spiro atoms. The zero-order valence-electron chi connectivity index (χ0n) is 18.2. The van der Waals surface area contributed by atoms with Gasteiger partial charge in [-0.2, -0.15) is 0 Å². The smallest absolute Gasteiger partial charge is 0.324 e. The third-order valence-electron chi connectivity index (χ3n) is 4.28. The predicted molar refractivity (Wildman–Crippen MR) is 118 cm³/mol. The summed E-state index contributed by atoms with van der Waals surface area (Å²) < 4.78 is 84.8. The summed E-state index contributed by atoms with van der Waals surface area (Å²) in [5, 5.41) is -3.43. The van der Waals surface area contributed by atoms with E-state index in [-0.39, 0.29) is 0 Å². The molecule has 0 aromatic rings. The highest BCUT2D eigenvalue weighted by atomic mass is 32.2. The molecule has 0 radical (unpaired) electrons. The zero-order chi connectivity index (χ0) is 26.2. The van der Waals surface area contributed by atoms with Crippen LogP contribution in [-0.2, 0) is 58.1 Å². The van der Waals surface area contributed by atoms with Crippen LogP contribution in [0.3, 0.4) is 0 Å². The Hall–Kier alpha value is -2.52. The lowest BCUT2D eigenvalue weighted by atomic mass is 10.3. The molecule has 33 heavy (non-hydrogen) atoms. The van der Waals surface area contributed by atoms with Gasteiger partial charge in [0.2, 0.25) is 0 Å². The van der Waals surface area contributed by atoms with Crippen molar-refractivity contribution in [2.45, 2.75) is 42.6 Å². The van der Waals surface area contributed by atoms with E-state index >= 15 is 0 Å². The maximum atomic E-state index is 12.2. The molecule has 188 valence electrons. The Morgan fingerprint density at radius 3 is 1.18 bits per heavy atom. The molecule has 0 saturated carbocycles. The van der Waals surface area contributed by atoms with Gasteiger partial charge in [-0.05, 0) is 20.8 Å². The number of sulfone groups is 3. The molecule has 0 aliphatic heterocycles. The molecule has 0 fully saturated rings. The molecule has 0 aromatic carbocycles. The van der Waals surface area contributed by atoms with E-state index in [1.54, 1.807) is 0 Å². The van der Waals surface area contributed by atoms with Crippen LogP contribution in [0.25, 0.3) is 0 Å². The van der Waals surface area contributed by atoms with Gasteiger partial charge in [-0.25, -0.2) is 25.3 Å². The molecule has 3 atom stereocenters. The van der Waals surface area contributed by atoms with Gasteiger partial charge in [-0.1, -0.05) is 19.7 Å². The number of carbonyl (C=O) groups excluding carboxylic acids is 3. The summed E-state index contributed by atoms with van der Waals surface area (Å²) in [6.07, 6.45) is -1.59. The number of carbonyl (C=O) groups is 3. The van der Waals surface area contributed by atoms with Crippen molar-refractivity contribution in [2.75, 3.05) is 13.2 Å². The van der Waals surface area contributed by atoms with Gasteiger partial charge >= 0.3 is 17.9 Å². The van der Waals surface area contributed by atoms with Crippen molar-refractivity contribution in [2.24, 2.45) is 0 Å². The number of esters is 3. The van der Waals surface area contributed by atoms with E-state index in [0.29, 0.717) is 16.2 Å². The third kappa shape index (κ3) is 8.74. The van der Waals surface area contributed by atoms with Gasteiger partial charge in [0.05, 0.1) is 0 Å². The van der Waals surface area contributed by atoms with Crippen LogP contribution in [0, 0.1) is 0 Å². The third-order valence-corrected chi connectivity index (χ3v) is 9.20. The summed E-state index contributed by atoms with van der Waals surface area (Å²) in [4.78, 5) is 36.2. The molecular formula is C18H26O12S3. The monoisotopic (exact) mass is 530 g/mol. The molecule has 0 saturated heterocycles. The molecular weight excluding hydrogens is 504 g/mol. The highest BCUT2D eigenvalue weighted by molar-refractivity contribution is 7.96. The van der Waals surface area contributed by atoms with E-state index in [4.69, 9.17) is 14.2 Å². The minimum absolute atomic E-state index is 0.525. The second-order valence-corrected chi connectivity index (χ2v) is 13.2. The van der Waals surface area contributed by atoms with Crippen molar-refractivity contribution in [1.82, 2.24) is 0 Å². The van der Waals surface area contributed by atoms with Crippen molar-refractivity contribution < 1.29 is 53.8 Å². The molecule has 3 unspecified atom stereocenters. The first-order chi connectivity index (χ1) is 15.0. The number of ether oxygens (including phenoxy) is 3. The highest BCUT2D eigenvalue weighted by Gasteiger charge is 2.33. The number of rotatable bonds is 14. The summed E-state index contributed by atoms with van der Waals surface area (Å²) in [6.45, 7) is 10.6. The Kier molecular flexibility index (Phi) is 11.2. The van der Waals surface area contributed by atoms with Crippen LogP contribution in [0.5, 0.6) is 0 Å². The van der Waals surface area contributed by atoms with Crippen LogP contribution in [0.4, 0.5) is 0 Å². The van der Waals surface area contributed by atoms with Gasteiger partial charge in [-0.3, -0.25) is 14.4 Å². The van der Waals surface area contributed by atoms with Crippen molar-refractivity contribution in [3.63, 3.8) is 0 Å². The van der Waals surface area contributed by atoms with E-state index in [1.165, 1.54) is 0 Å². The highest BCUT2D eigenvalue weighted by Crippen LogP contribution is 2.11. The van der Waals surface area contributed by atoms with Gasteiger partial charge in [0, 0.05) is 16.2 Å². The fourth-order valence-corrected chi connectivity index (χ4v) is 3.66. The van der Waals surface area contributed by atoms with Crippen molar-refractivity contribution in [3.8, 4) is 0 Å². The van der Waals surface area contributed by atoms with E-state index in [9.17, 15) is 39.6 Å². The summed E-state index contributed by atoms with van der Waals surface area (Å²) in [7, 11) is -12.1. The Morgan fingerprint density at radius 2 is 0.909 bits per heavy atom. The molecule has 0 bridgehead atoms. The number of hydrogen-bond acceptors (Lipinski definition) is 12. The van der Waals surface area contributed by atoms with E-state index in [1.807, 2.05) is 0 Å². The molecule has 0 N–H and O–H groups in total. The second kappa shape index (κ2) is 12.1. The summed E-state index contributed by atoms with van der Waals surface area (Å²) in [5.41, 5.74) is 0. The molecule has 12 nitrogen and oxygen atoms in total. The topological polar surface area (TPSA) is 181 Å². The van der Waals surface area contributed by atoms with Crippen LogP contribution >= 0.6 is 0 Å². The summed E-state index contributed by atoms with van der Waals surface area (Å²) >= 11 is 0. The standard InChI is InChI=1S/C18H26O12S3/c1-7-31(22,23)12(4)16(19)28-10-15(30-18(21)14(6)33(26,27)9-3)11-29-17(20)13(5)32(24,25)8-2/h7-9,12-15H,1-3,10-11H2,4-6H3. The maximum Gasteiger partial charge on any atom is 0.324 e. The summed E-state index contributed by atoms with van der Waals surface area (Å²) in [6, 6.07) is 0. The van der Waals surface area contributed by atoms with Gasteiger partial charge in [-0.15, -0.1) is 0 Å². The van der Waals surface area contributed by atoms with Gasteiger partial charge in [0.15, 0.2) is 51.4 Å². The van der Waals surface area contributed by atoms with Crippen molar-refractivity contribution in [1.29, 1.82) is 0 Å². The van der Waals surface area contributed by atoms with Crippen LogP contribution in [0.15, 0.2) is 36.0 Å². The van der Waals surface area contributed by atoms with Crippen LogP contribution in [0.1, 0.15) is 20.8 Å². The minimum atomic E-state index is -4.08. The first-order valence-electron chi connectivity index (χ1n) is 9.09. The van der Waals surface area contributed by atoms with Crippen LogP contribution in [0.2, 0.25) is 0 Å². The second-order valence-electron chi connectivity index (χ2n) is 6.51. The number of hydrogen-bond donors (Lipinski definition) is 0. The molecule has 0 aliphatic carbocycles. The Bertz CT molecular complexity index is 1040. The quantitative estimate of drug-likeness (QED) is 0.214. The van der Waals surface area contributed by atoms with Gasteiger partial charge in [0.25, 0.3) is 0 Å². The van der Waals surface area contributed by atoms with Crippen molar-refractivity contribution >= 4 is 47.4 Å². The van der Waals surface area contributed by atoms with E-state index in [2.05, 4.69) is 19.7 Å². The first kappa shape index (κ1) is 30.5. The normalized spacial score (nSPS) is 15.7. The summed E-state index contributed by atoms with van der Waals surface area (Å²) in [5.74, 6) is -3.82. The fraction of sp³-hybridized carbons (Fsp3) is 0.500. The van der Waals surface area contributed by atoms with E-state index < -0.39 is 82.5 Å². The average molecular weight is 531 g/mol. The molecule has 0 aliphatic rings. The van der Waals surface area contributed by atoms with Crippen LogP contribution in [-0.4, -0.2) is 78.2 Å². The Labute approximate surface area is 193 Å².